The summed E-state index contributed by atoms with van der Waals surface area (Å²) in [4.78, 5) is 39.2. The van der Waals surface area contributed by atoms with E-state index in [0.717, 1.165) is 22.0 Å². The first-order valence-electron chi connectivity index (χ1n) is 9.31. The number of benzene rings is 2. The summed E-state index contributed by atoms with van der Waals surface area (Å²) in [6.45, 7) is 0. The maximum atomic E-state index is 12.4. The van der Waals surface area contributed by atoms with Crippen LogP contribution in [0.1, 0.15) is 21.5 Å². The molecule has 1 aromatic heterocycles. The lowest BCUT2D eigenvalue weighted by Crippen LogP contribution is -2.42. The number of methoxy groups -OCH3 is 2. The lowest BCUT2D eigenvalue weighted by Gasteiger charge is -2.15. The molecule has 0 aliphatic carbocycles. The zero-order chi connectivity index (χ0) is 21.5. The van der Waals surface area contributed by atoms with Crippen LogP contribution >= 0.6 is 0 Å². The summed E-state index contributed by atoms with van der Waals surface area (Å²) >= 11 is 0. The van der Waals surface area contributed by atoms with Gasteiger partial charge in [-0.15, -0.1) is 0 Å². The zero-order valence-corrected chi connectivity index (χ0v) is 16.7. The number of aromatic amines is 1. The van der Waals surface area contributed by atoms with Crippen LogP contribution < -0.4 is 5.32 Å². The molecule has 0 aliphatic heterocycles. The van der Waals surface area contributed by atoms with Crippen LogP contribution in [-0.2, 0) is 25.5 Å². The minimum Gasteiger partial charge on any atom is -0.467 e. The molecule has 0 radical (unpaired) electrons. The summed E-state index contributed by atoms with van der Waals surface area (Å²) in [6.07, 6.45) is 5.05. The molecule has 0 saturated heterocycles. The molecule has 1 atom stereocenters. The Labute approximate surface area is 173 Å². The molecular formula is C23H22N2O5. The van der Waals surface area contributed by atoms with Gasteiger partial charge in [0.2, 0.25) is 5.91 Å². The van der Waals surface area contributed by atoms with Crippen molar-refractivity contribution in [2.75, 3.05) is 14.2 Å². The number of para-hydroxylation sites is 1. The van der Waals surface area contributed by atoms with Crippen LogP contribution in [0.4, 0.5) is 0 Å². The fourth-order valence-electron chi connectivity index (χ4n) is 3.10. The molecule has 30 heavy (non-hydrogen) atoms. The lowest BCUT2D eigenvalue weighted by molar-refractivity contribution is -0.144. The maximum absolute atomic E-state index is 12.4. The van der Waals surface area contributed by atoms with Gasteiger partial charge in [0.25, 0.3) is 0 Å². The Bertz CT molecular complexity index is 1080. The van der Waals surface area contributed by atoms with Crippen LogP contribution in [0, 0.1) is 0 Å². The molecule has 3 rings (SSSR count). The SMILES string of the molecule is COC(=O)c1ccc(/C=C/C(=O)NC(Cc2c[nH]c3ccccc23)C(=O)OC)cc1. The van der Waals surface area contributed by atoms with E-state index in [4.69, 9.17) is 4.74 Å². The van der Waals surface area contributed by atoms with E-state index >= 15 is 0 Å². The van der Waals surface area contributed by atoms with E-state index in [-0.39, 0.29) is 0 Å². The number of esters is 2. The van der Waals surface area contributed by atoms with E-state index in [2.05, 4.69) is 15.0 Å². The van der Waals surface area contributed by atoms with Crippen molar-refractivity contribution in [1.29, 1.82) is 0 Å². The van der Waals surface area contributed by atoms with Crippen molar-refractivity contribution in [1.82, 2.24) is 10.3 Å². The first-order valence-corrected chi connectivity index (χ1v) is 9.31. The molecule has 3 aromatic rings. The van der Waals surface area contributed by atoms with E-state index in [1.165, 1.54) is 20.3 Å². The summed E-state index contributed by atoms with van der Waals surface area (Å²) in [5.74, 6) is -1.38. The fourth-order valence-corrected chi connectivity index (χ4v) is 3.10. The summed E-state index contributed by atoms with van der Waals surface area (Å²) < 4.78 is 9.51. The minimum absolute atomic E-state index is 0.296. The van der Waals surface area contributed by atoms with Crippen molar-refractivity contribution in [3.8, 4) is 0 Å². The monoisotopic (exact) mass is 406 g/mol. The molecule has 0 spiro atoms. The number of hydrogen-bond acceptors (Lipinski definition) is 5. The van der Waals surface area contributed by atoms with Gasteiger partial charge in [-0.3, -0.25) is 4.79 Å². The molecule has 7 heteroatoms. The third-order valence-corrected chi connectivity index (χ3v) is 4.66. The van der Waals surface area contributed by atoms with Crippen molar-refractivity contribution in [3.05, 3.63) is 77.5 Å². The van der Waals surface area contributed by atoms with E-state index in [1.807, 2.05) is 30.5 Å². The van der Waals surface area contributed by atoms with Gasteiger partial charge in [-0.05, 0) is 35.4 Å². The largest absolute Gasteiger partial charge is 0.467 e. The number of aromatic nitrogens is 1. The highest BCUT2D eigenvalue weighted by atomic mass is 16.5. The molecule has 1 unspecified atom stereocenters. The second-order valence-electron chi connectivity index (χ2n) is 6.59. The number of hydrogen-bond donors (Lipinski definition) is 2. The first-order chi connectivity index (χ1) is 14.5. The van der Waals surface area contributed by atoms with Gasteiger partial charge in [0.15, 0.2) is 0 Å². The summed E-state index contributed by atoms with van der Waals surface area (Å²) in [5, 5.41) is 3.68. The topological polar surface area (TPSA) is 97.5 Å². The van der Waals surface area contributed by atoms with E-state index < -0.39 is 23.9 Å². The van der Waals surface area contributed by atoms with E-state index in [1.54, 1.807) is 30.3 Å². The van der Waals surface area contributed by atoms with Gasteiger partial charge < -0.3 is 19.8 Å². The van der Waals surface area contributed by atoms with Gasteiger partial charge in [0.1, 0.15) is 6.04 Å². The lowest BCUT2D eigenvalue weighted by atomic mass is 10.0. The van der Waals surface area contributed by atoms with Crippen molar-refractivity contribution in [3.63, 3.8) is 0 Å². The highest BCUT2D eigenvalue weighted by molar-refractivity contribution is 5.95. The third kappa shape index (κ3) is 4.94. The first kappa shape index (κ1) is 20.9. The van der Waals surface area contributed by atoms with E-state index in [0.29, 0.717) is 12.0 Å². The number of carbonyl (C=O) groups excluding carboxylic acids is 3. The molecule has 2 aromatic carbocycles. The number of fused-ring (bicyclic) bond motifs is 1. The summed E-state index contributed by atoms with van der Waals surface area (Å²) in [7, 11) is 2.60. The summed E-state index contributed by atoms with van der Waals surface area (Å²) in [5.41, 5.74) is 3.01. The van der Waals surface area contributed by atoms with Crippen LogP contribution in [0.25, 0.3) is 17.0 Å². The van der Waals surface area contributed by atoms with Crippen molar-refractivity contribution < 1.29 is 23.9 Å². The molecule has 1 amide bonds. The van der Waals surface area contributed by atoms with Gasteiger partial charge in [0, 0.05) is 29.6 Å². The van der Waals surface area contributed by atoms with Gasteiger partial charge in [-0.25, -0.2) is 9.59 Å². The molecule has 1 heterocycles. The van der Waals surface area contributed by atoms with E-state index in [9.17, 15) is 14.4 Å². The smallest absolute Gasteiger partial charge is 0.337 e. The second-order valence-corrected chi connectivity index (χ2v) is 6.59. The van der Waals surface area contributed by atoms with Gasteiger partial charge in [-0.2, -0.15) is 0 Å². The number of amides is 1. The van der Waals surface area contributed by atoms with Crippen LogP contribution in [0.3, 0.4) is 0 Å². The van der Waals surface area contributed by atoms with Gasteiger partial charge >= 0.3 is 11.9 Å². The van der Waals surface area contributed by atoms with Crippen LogP contribution in [0.5, 0.6) is 0 Å². The fraction of sp³-hybridized carbons (Fsp3) is 0.174. The second kappa shape index (κ2) is 9.56. The Morgan fingerprint density at radius 2 is 1.77 bits per heavy atom. The molecule has 0 fully saturated rings. The number of carbonyl (C=O) groups is 3. The van der Waals surface area contributed by atoms with Crippen molar-refractivity contribution >= 4 is 34.8 Å². The normalized spacial score (nSPS) is 11.9. The molecule has 7 nitrogen and oxygen atoms in total. The quantitative estimate of drug-likeness (QED) is 0.465. The number of ether oxygens (including phenoxy) is 2. The Hall–Kier alpha value is -3.87. The highest BCUT2D eigenvalue weighted by Crippen LogP contribution is 2.19. The predicted molar refractivity (Wildman–Crippen MR) is 113 cm³/mol. The zero-order valence-electron chi connectivity index (χ0n) is 16.7. The standard InChI is InChI=1S/C23H22N2O5/c1-29-22(27)16-10-7-15(8-11-16)9-12-21(26)25-20(23(28)30-2)13-17-14-24-19-6-4-3-5-18(17)19/h3-12,14,20,24H,13H2,1-2H3,(H,25,26)/b12-9+. The van der Waals surface area contributed by atoms with Gasteiger partial charge in [0.05, 0.1) is 19.8 Å². The highest BCUT2D eigenvalue weighted by Gasteiger charge is 2.22. The minimum atomic E-state index is -0.826. The molecule has 2 N–H and O–H groups in total. The molecule has 0 aliphatic rings. The molecule has 0 bridgehead atoms. The number of nitrogens with one attached hydrogen (secondary N) is 2. The predicted octanol–water partition coefficient (Wildman–Crippen LogP) is 2.87. The average Bonchev–Trinajstić information content (AvgIpc) is 3.19. The van der Waals surface area contributed by atoms with Gasteiger partial charge in [-0.1, -0.05) is 30.3 Å². The molecule has 154 valence electrons. The average molecular weight is 406 g/mol. The third-order valence-electron chi connectivity index (χ3n) is 4.66. The molecule has 0 saturated carbocycles. The number of rotatable bonds is 7. The Morgan fingerprint density at radius 1 is 1.03 bits per heavy atom. The van der Waals surface area contributed by atoms with Crippen LogP contribution in [0.15, 0.2) is 60.8 Å². The Kier molecular flexibility index (Phi) is 6.64. The van der Waals surface area contributed by atoms with Crippen molar-refractivity contribution in [2.45, 2.75) is 12.5 Å². The Morgan fingerprint density at radius 3 is 2.47 bits per heavy atom. The van der Waals surface area contributed by atoms with Crippen LogP contribution in [-0.4, -0.2) is 43.1 Å². The van der Waals surface area contributed by atoms with Crippen molar-refractivity contribution in [2.24, 2.45) is 0 Å². The summed E-state index contributed by atoms with van der Waals surface area (Å²) in [6, 6.07) is 13.5. The molecular weight excluding hydrogens is 384 g/mol. The van der Waals surface area contributed by atoms with Crippen LogP contribution in [0.2, 0.25) is 0 Å². The Balaban J connectivity index is 1.68. The number of H-pyrrole nitrogens is 1. The maximum Gasteiger partial charge on any atom is 0.337 e.